The summed E-state index contributed by atoms with van der Waals surface area (Å²) >= 11 is 0. The largest absolute Gasteiger partial charge is 0.334 e. The fourth-order valence-corrected chi connectivity index (χ4v) is 6.03. The predicted molar refractivity (Wildman–Crippen MR) is 136 cm³/mol. The van der Waals surface area contributed by atoms with Crippen molar-refractivity contribution in [2.24, 2.45) is 5.41 Å². The van der Waals surface area contributed by atoms with Gasteiger partial charge in [0, 0.05) is 31.2 Å². The van der Waals surface area contributed by atoms with E-state index in [9.17, 15) is 13.2 Å². The molecule has 2 fully saturated rings. The Morgan fingerprint density at radius 3 is 2.09 bits per heavy atom. The molecule has 2 aromatic carbocycles. The molecular weight excluding hydrogens is 446 g/mol. The van der Waals surface area contributed by atoms with E-state index in [4.69, 9.17) is 0 Å². The van der Waals surface area contributed by atoms with Crippen molar-refractivity contribution in [2.45, 2.75) is 57.4 Å². The van der Waals surface area contributed by atoms with Crippen LogP contribution in [0.2, 0.25) is 0 Å². The first kappa shape index (κ1) is 24.9. The summed E-state index contributed by atoms with van der Waals surface area (Å²) in [5, 5.41) is 0. The molecule has 2 aliphatic rings. The fourth-order valence-electron chi connectivity index (χ4n) is 4.75. The molecule has 2 heterocycles. The number of nitrogens with zero attached hydrogens (tertiary/aromatic N) is 2. The second kappa shape index (κ2) is 10.2. The lowest BCUT2D eigenvalue weighted by molar-refractivity contribution is 0.0709. The number of amides is 1. The van der Waals surface area contributed by atoms with Gasteiger partial charge in [-0.1, -0.05) is 45.0 Å². The van der Waals surface area contributed by atoms with Gasteiger partial charge < -0.3 is 9.80 Å². The fraction of sp³-hybridized carbons (Fsp3) is 0.519. The molecule has 2 aromatic rings. The van der Waals surface area contributed by atoms with Gasteiger partial charge in [0.2, 0.25) is 10.0 Å². The van der Waals surface area contributed by atoms with E-state index in [0.717, 1.165) is 50.1 Å². The summed E-state index contributed by atoms with van der Waals surface area (Å²) < 4.78 is 27.8. The number of likely N-dealkylation sites (tertiary alicyclic amines) is 2. The third kappa shape index (κ3) is 6.06. The van der Waals surface area contributed by atoms with E-state index >= 15 is 0 Å². The molecule has 0 bridgehead atoms. The average molecular weight is 484 g/mol. The third-order valence-electron chi connectivity index (χ3n) is 6.73. The van der Waals surface area contributed by atoms with E-state index in [1.807, 2.05) is 57.2 Å². The molecule has 2 saturated heterocycles. The van der Waals surface area contributed by atoms with E-state index in [1.165, 1.54) is 12.8 Å². The Bertz CT molecular complexity index is 1080. The van der Waals surface area contributed by atoms with Crippen LogP contribution in [0.1, 0.15) is 56.8 Å². The molecule has 1 N–H and O–H groups in total. The van der Waals surface area contributed by atoms with E-state index in [1.54, 1.807) is 12.1 Å². The maximum Gasteiger partial charge on any atom is 0.254 e. The number of hydrogen-bond acceptors (Lipinski definition) is 4. The number of benzene rings is 2. The zero-order valence-corrected chi connectivity index (χ0v) is 21.4. The number of nitrogens with one attached hydrogen (secondary N) is 1. The second-order valence-corrected chi connectivity index (χ2v) is 12.6. The van der Waals surface area contributed by atoms with Crippen LogP contribution in [0.5, 0.6) is 0 Å². The number of carbonyl (C=O) groups is 1. The molecule has 1 amide bonds. The zero-order valence-electron chi connectivity index (χ0n) is 20.6. The van der Waals surface area contributed by atoms with Crippen molar-refractivity contribution < 1.29 is 13.2 Å². The summed E-state index contributed by atoms with van der Waals surface area (Å²) in [6.07, 6.45) is 4.69. The minimum absolute atomic E-state index is 0.111. The van der Waals surface area contributed by atoms with Crippen LogP contribution in [0, 0.1) is 5.41 Å². The summed E-state index contributed by atoms with van der Waals surface area (Å²) in [4.78, 5) is 18.0. The van der Waals surface area contributed by atoms with Crippen LogP contribution in [0.3, 0.4) is 0 Å². The first-order valence-electron chi connectivity index (χ1n) is 12.4. The molecular formula is C27H37N3O3S. The molecule has 0 aromatic heterocycles. The smallest absolute Gasteiger partial charge is 0.254 e. The van der Waals surface area contributed by atoms with Crippen LogP contribution < -0.4 is 4.72 Å². The summed E-state index contributed by atoms with van der Waals surface area (Å²) in [6.45, 7) is 10.5. The Hall–Kier alpha value is -2.22. The summed E-state index contributed by atoms with van der Waals surface area (Å²) in [5.41, 5.74) is 2.46. The number of carbonyl (C=O) groups excluding carboxylic acids is 1. The molecule has 0 spiro atoms. The summed E-state index contributed by atoms with van der Waals surface area (Å²) in [5.74, 6) is 0.111. The highest BCUT2D eigenvalue weighted by atomic mass is 32.2. The van der Waals surface area contributed by atoms with Gasteiger partial charge in [-0.15, -0.1) is 0 Å². The minimum Gasteiger partial charge on any atom is -0.334 e. The number of hydrogen-bond donors (Lipinski definition) is 1. The van der Waals surface area contributed by atoms with Crippen LogP contribution in [-0.4, -0.2) is 62.9 Å². The van der Waals surface area contributed by atoms with E-state index in [-0.39, 0.29) is 16.2 Å². The Balaban J connectivity index is 1.41. The molecule has 2 aliphatic heterocycles. The van der Waals surface area contributed by atoms with Crippen molar-refractivity contribution in [1.82, 2.24) is 14.5 Å². The molecule has 0 unspecified atom stereocenters. The monoisotopic (exact) mass is 483 g/mol. The van der Waals surface area contributed by atoms with E-state index < -0.39 is 10.0 Å². The van der Waals surface area contributed by atoms with Crippen molar-refractivity contribution in [3.63, 3.8) is 0 Å². The van der Waals surface area contributed by atoms with Crippen molar-refractivity contribution in [3.05, 3.63) is 54.1 Å². The summed E-state index contributed by atoms with van der Waals surface area (Å²) in [7, 11) is -3.54. The van der Waals surface area contributed by atoms with Crippen molar-refractivity contribution in [2.75, 3.05) is 32.7 Å². The predicted octanol–water partition coefficient (Wildman–Crippen LogP) is 4.38. The number of rotatable bonds is 7. The molecule has 4 rings (SSSR count). The highest BCUT2D eigenvalue weighted by Gasteiger charge is 2.31. The SMILES string of the molecule is CC(C)(C)CNS(=O)(=O)c1ccc(-c2ccc(C(=O)N3CCC[C@H]3CN3CCCC3)cc2)cc1. The van der Waals surface area contributed by atoms with Gasteiger partial charge in [0.1, 0.15) is 0 Å². The molecule has 6 nitrogen and oxygen atoms in total. The maximum atomic E-state index is 13.2. The maximum absolute atomic E-state index is 13.2. The molecule has 1 atom stereocenters. The third-order valence-corrected chi connectivity index (χ3v) is 8.15. The molecule has 0 aliphatic carbocycles. The van der Waals surface area contributed by atoms with Gasteiger partial charge in [0.05, 0.1) is 4.90 Å². The lowest BCUT2D eigenvalue weighted by atomic mass is 9.98. The van der Waals surface area contributed by atoms with Crippen LogP contribution in [0.4, 0.5) is 0 Å². The zero-order chi connectivity index (χ0) is 24.3. The Kier molecular flexibility index (Phi) is 7.45. The Morgan fingerprint density at radius 1 is 0.912 bits per heavy atom. The van der Waals surface area contributed by atoms with Gasteiger partial charge in [-0.3, -0.25) is 4.79 Å². The molecule has 184 valence electrons. The highest BCUT2D eigenvalue weighted by molar-refractivity contribution is 7.89. The quantitative estimate of drug-likeness (QED) is 0.635. The van der Waals surface area contributed by atoms with Crippen LogP contribution in [0.25, 0.3) is 11.1 Å². The van der Waals surface area contributed by atoms with Gasteiger partial charge in [0.25, 0.3) is 5.91 Å². The molecule has 34 heavy (non-hydrogen) atoms. The Labute approximate surface area is 204 Å². The van der Waals surface area contributed by atoms with Crippen molar-refractivity contribution in [1.29, 1.82) is 0 Å². The minimum atomic E-state index is -3.54. The van der Waals surface area contributed by atoms with Crippen molar-refractivity contribution in [3.8, 4) is 11.1 Å². The highest BCUT2D eigenvalue weighted by Crippen LogP contribution is 2.25. The van der Waals surface area contributed by atoms with E-state index in [2.05, 4.69) is 14.5 Å². The standard InChI is InChI=1S/C27H37N3O3S/c1-27(2,3)20-28-34(32,33)25-14-12-22(13-15-25)21-8-10-23(11-9-21)26(31)30-18-6-7-24(30)19-29-16-4-5-17-29/h8-15,24,28H,4-7,16-20H2,1-3H3/t24-/m0/s1. The molecule has 0 saturated carbocycles. The van der Waals surface area contributed by atoms with Gasteiger partial charge in [-0.05, 0) is 79.6 Å². The van der Waals surface area contributed by atoms with Gasteiger partial charge in [-0.2, -0.15) is 0 Å². The van der Waals surface area contributed by atoms with Gasteiger partial charge >= 0.3 is 0 Å². The molecule has 0 radical (unpaired) electrons. The van der Waals surface area contributed by atoms with Crippen LogP contribution in [-0.2, 0) is 10.0 Å². The van der Waals surface area contributed by atoms with E-state index in [0.29, 0.717) is 18.2 Å². The molecule has 7 heteroatoms. The van der Waals surface area contributed by atoms with Crippen LogP contribution in [0.15, 0.2) is 53.4 Å². The average Bonchev–Trinajstić information content (AvgIpc) is 3.50. The topological polar surface area (TPSA) is 69.7 Å². The second-order valence-electron chi connectivity index (χ2n) is 10.8. The summed E-state index contributed by atoms with van der Waals surface area (Å²) in [6, 6.07) is 14.9. The lowest BCUT2D eigenvalue weighted by Crippen LogP contribution is -2.42. The lowest BCUT2D eigenvalue weighted by Gasteiger charge is -2.28. The first-order valence-corrected chi connectivity index (χ1v) is 13.8. The van der Waals surface area contributed by atoms with Crippen LogP contribution >= 0.6 is 0 Å². The normalized spacial score (nSPS) is 19.6. The first-order chi connectivity index (χ1) is 16.1. The van der Waals surface area contributed by atoms with Gasteiger partial charge in [-0.25, -0.2) is 13.1 Å². The van der Waals surface area contributed by atoms with Crippen molar-refractivity contribution >= 4 is 15.9 Å². The Morgan fingerprint density at radius 2 is 1.50 bits per heavy atom. The van der Waals surface area contributed by atoms with Gasteiger partial charge in [0.15, 0.2) is 0 Å². The number of sulfonamides is 1.